The molecule has 4 aromatic rings. The van der Waals surface area contributed by atoms with Gasteiger partial charge in [0, 0.05) is 33.8 Å². The predicted molar refractivity (Wildman–Crippen MR) is 115 cm³/mol. The third-order valence-corrected chi connectivity index (χ3v) is 5.54. The number of halogens is 5. The van der Waals surface area contributed by atoms with Gasteiger partial charge in [0.05, 0.1) is 28.5 Å². The molecule has 0 bridgehead atoms. The van der Waals surface area contributed by atoms with Crippen molar-refractivity contribution in [3.63, 3.8) is 0 Å². The van der Waals surface area contributed by atoms with Gasteiger partial charge in [0.15, 0.2) is 17.5 Å². The number of hydrogen-bond acceptors (Lipinski definition) is 2. The lowest BCUT2D eigenvalue weighted by atomic mass is 10.1. The Labute approximate surface area is 180 Å². The second-order valence-electron chi connectivity index (χ2n) is 6.74. The Hall–Kier alpha value is -2.83. The lowest BCUT2D eigenvalue weighted by Gasteiger charge is -2.14. The standard InChI is InChI=1S/C22H15Cl2F3N2O/c1-10-21(26)15(25)9-19(22(10)27)29-18-6-11(3-4-20(18)30-2)16-7-12-5-13(23)14(24)8-17(12)28-16/h3-9,28-29H,1-2H3. The van der Waals surface area contributed by atoms with E-state index in [-0.39, 0.29) is 5.69 Å². The Kier molecular flexibility index (Phi) is 5.30. The minimum atomic E-state index is -1.21. The molecular formula is C22H15Cl2F3N2O. The van der Waals surface area contributed by atoms with Crippen molar-refractivity contribution in [1.29, 1.82) is 0 Å². The third kappa shape index (κ3) is 3.57. The van der Waals surface area contributed by atoms with Gasteiger partial charge in [0.1, 0.15) is 5.75 Å². The molecule has 0 atom stereocenters. The molecule has 154 valence electrons. The highest BCUT2D eigenvalue weighted by molar-refractivity contribution is 6.42. The van der Waals surface area contributed by atoms with E-state index in [1.54, 1.807) is 24.3 Å². The molecule has 0 spiro atoms. The van der Waals surface area contributed by atoms with E-state index in [4.69, 9.17) is 27.9 Å². The average molecular weight is 451 g/mol. The molecule has 0 fully saturated rings. The highest BCUT2D eigenvalue weighted by atomic mass is 35.5. The van der Waals surface area contributed by atoms with Crippen molar-refractivity contribution in [1.82, 2.24) is 4.98 Å². The van der Waals surface area contributed by atoms with E-state index in [2.05, 4.69) is 10.3 Å². The molecule has 0 amide bonds. The molecule has 3 aromatic carbocycles. The van der Waals surface area contributed by atoms with Gasteiger partial charge in [-0.25, -0.2) is 13.2 Å². The van der Waals surface area contributed by atoms with Crippen LogP contribution in [0.1, 0.15) is 5.56 Å². The number of methoxy groups -OCH3 is 1. The monoisotopic (exact) mass is 450 g/mol. The van der Waals surface area contributed by atoms with Crippen molar-refractivity contribution < 1.29 is 17.9 Å². The number of anilines is 2. The summed E-state index contributed by atoms with van der Waals surface area (Å²) < 4.78 is 47.2. The maximum atomic E-state index is 14.5. The van der Waals surface area contributed by atoms with Gasteiger partial charge in [-0.3, -0.25) is 0 Å². The smallest absolute Gasteiger partial charge is 0.164 e. The Morgan fingerprint density at radius 2 is 1.63 bits per heavy atom. The van der Waals surface area contributed by atoms with Crippen molar-refractivity contribution in [3.05, 3.63) is 75.5 Å². The molecule has 0 unspecified atom stereocenters. The fourth-order valence-electron chi connectivity index (χ4n) is 3.22. The van der Waals surface area contributed by atoms with Crippen LogP contribution in [-0.4, -0.2) is 12.1 Å². The van der Waals surface area contributed by atoms with Gasteiger partial charge in [-0.1, -0.05) is 23.2 Å². The maximum Gasteiger partial charge on any atom is 0.164 e. The SMILES string of the molecule is COc1ccc(-c2cc3cc(Cl)c(Cl)cc3[nH]2)cc1Nc1cc(F)c(F)c(C)c1F. The molecule has 2 N–H and O–H groups in total. The zero-order valence-corrected chi connectivity index (χ0v) is 17.4. The molecule has 3 nitrogen and oxygen atoms in total. The van der Waals surface area contributed by atoms with E-state index in [9.17, 15) is 13.2 Å². The molecule has 0 saturated carbocycles. The average Bonchev–Trinajstić information content (AvgIpc) is 3.13. The molecule has 0 aliphatic heterocycles. The summed E-state index contributed by atoms with van der Waals surface area (Å²) in [6.45, 7) is 1.17. The topological polar surface area (TPSA) is 37.0 Å². The number of aromatic amines is 1. The van der Waals surface area contributed by atoms with Crippen LogP contribution in [0, 0.1) is 24.4 Å². The molecule has 1 aromatic heterocycles. The molecule has 1 heterocycles. The number of aromatic nitrogens is 1. The number of fused-ring (bicyclic) bond motifs is 1. The van der Waals surface area contributed by atoms with Gasteiger partial charge >= 0.3 is 0 Å². The number of ether oxygens (including phenoxy) is 1. The van der Waals surface area contributed by atoms with Crippen molar-refractivity contribution in [2.75, 3.05) is 12.4 Å². The van der Waals surface area contributed by atoms with Crippen LogP contribution in [-0.2, 0) is 0 Å². The Balaban J connectivity index is 1.78. The first-order valence-electron chi connectivity index (χ1n) is 8.85. The molecule has 8 heteroatoms. The first-order chi connectivity index (χ1) is 14.3. The van der Waals surface area contributed by atoms with Crippen molar-refractivity contribution in [2.24, 2.45) is 0 Å². The molecule has 30 heavy (non-hydrogen) atoms. The van der Waals surface area contributed by atoms with Gasteiger partial charge in [0.2, 0.25) is 0 Å². The van der Waals surface area contributed by atoms with Crippen LogP contribution >= 0.6 is 23.2 Å². The third-order valence-electron chi connectivity index (χ3n) is 4.82. The Bertz CT molecular complexity index is 1250. The minimum absolute atomic E-state index is 0.197. The zero-order valence-electron chi connectivity index (χ0n) is 15.8. The molecular weight excluding hydrogens is 436 g/mol. The molecule has 0 saturated heterocycles. The van der Waals surface area contributed by atoms with Crippen LogP contribution in [0.2, 0.25) is 10.0 Å². The summed E-state index contributed by atoms with van der Waals surface area (Å²) in [5.74, 6) is -2.83. The fraction of sp³-hybridized carbons (Fsp3) is 0.0909. The van der Waals surface area contributed by atoms with Gasteiger partial charge in [-0.05, 0) is 43.3 Å². The second kappa shape index (κ2) is 7.78. The van der Waals surface area contributed by atoms with E-state index in [1.807, 2.05) is 12.1 Å². The summed E-state index contributed by atoms with van der Waals surface area (Å²) in [6.07, 6.45) is 0. The van der Waals surface area contributed by atoms with E-state index < -0.39 is 23.0 Å². The first kappa shape index (κ1) is 20.4. The van der Waals surface area contributed by atoms with Crippen LogP contribution in [0.25, 0.3) is 22.2 Å². The quantitative estimate of drug-likeness (QED) is 0.313. The number of rotatable bonds is 4. The fourth-order valence-corrected chi connectivity index (χ4v) is 3.56. The Morgan fingerprint density at radius 1 is 0.900 bits per heavy atom. The minimum Gasteiger partial charge on any atom is -0.495 e. The van der Waals surface area contributed by atoms with E-state index in [0.29, 0.717) is 21.5 Å². The van der Waals surface area contributed by atoms with Gasteiger partial charge < -0.3 is 15.0 Å². The normalized spacial score (nSPS) is 11.2. The van der Waals surface area contributed by atoms with Crippen LogP contribution < -0.4 is 10.1 Å². The van der Waals surface area contributed by atoms with E-state index in [1.165, 1.54) is 14.0 Å². The number of hydrogen-bond donors (Lipinski definition) is 2. The molecule has 0 radical (unpaired) electrons. The number of nitrogens with one attached hydrogen (secondary N) is 2. The van der Waals surface area contributed by atoms with Crippen molar-refractivity contribution in [3.8, 4) is 17.0 Å². The van der Waals surface area contributed by atoms with Crippen LogP contribution in [0.15, 0.2) is 42.5 Å². The maximum absolute atomic E-state index is 14.5. The predicted octanol–water partition coefficient (Wildman–Crippen LogP) is 7.62. The molecule has 0 aliphatic rings. The second-order valence-corrected chi connectivity index (χ2v) is 7.55. The highest BCUT2D eigenvalue weighted by Crippen LogP contribution is 2.36. The van der Waals surface area contributed by atoms with Crippen LogP contribution in [0.3, 0.4) is 0 Å². The van der Waals surface area contributed by atoms with Gasteiger partial charge in [0.25, 0.3) is 0 Å². The van der Waals surface area contributed by atoms with E-state index in [0.717, 1.165) is 28.2 Å². The van der Waals surface area contributed by atoms with Crippen LogP contribution in [0.5, 0.6) is 5.75 Å². The van der Waals surface area contributed by atoms with Crippen molar-refractivity contribution >= 4 is 45.5 Å². The van der Waals surface area contributed by atoms with E-state index >= 15 is 0 Å². The summed E-state index contributed by atoms with van der Waals surface area (Å²) in [5.41, 5.74) is 2.09. The van der Waals surface area contributed by atoms with Gasteiger partial charge in [-0.15, -0.1) is 0 Å². The Morgan fingerprint density at radius 3 is 2.37 bits per heavy atom. The van der Waals surface area contributed by atoms with Crippen molar-refractivity contribution in [2.45, 2.75) is 6.92 Å². The summed E-state index contributed by atoms with van der Waals surface area (Å²) in [4.78, 5) is 3.25. The number of benzene rings is 3. The lowest BCUT2D eigenvalue weighted by Crippen LogP contribution is -2.02. The number of H-pyrrole nitrogens is 1. The zero-order chi connectivity index (χ0) is 21.6. The van der Waals surface area contributed by atoms with Gasteiger partial charge in [-0.2, -0.15) is 0 Å². The molecule has 0 aliphatic carbocycles. The summed E-state index contributed by atoms with van der Waals surface area (Å²) in [5, 5.41) is 4.54. The van der Waals surface area contributed by atoms with Crippen LogP contribution in [0.4, 0.5) is 24.5 Å². The highest BCUT2D eigenvalue weighted by Gasteiger charge is 2.17. The lowest BCUT2D eigenvalue weighted by molar-refractivity contribution is 0.417. The largest absolute Gasteiger partial charge is 0.495 e. The first-order valence-corrected chi connectivity index (χ1v) is 9.61. The summed E-state index contributed by atoms with van der Waals surface area (Å²) in [6, 6.07) is 11.4. The summed E-state index contributed by atoms with van der Waals surface area (Å²) in [7, 11) is 1.46. The summed E-state index contributed by atoms with van der Waals surface area (Å²) >= 11 is 12.2. The molecule has 4 rings (SSSR count).